The molecule has 0 saturated heterocycles. The van der Waals surface area contributed by atoms with Crippen molar-refractivity contribution < 1.29 is 28.6 Å². The number of rotatable bonds is 43. The molecule has 61 heavy (non-hydrogen) atoms. The molecule has 0 fully saturated rings. The Bertz CT molecular complexity index is 1250. The van der Waals surface area contributed by atoms with E-state index in [1.54, 1.807) is 0 Å². The molecule has 1 atom stereocenters. The molecule has 346 valence electrons. The molecular weight excluding hydrogens is 757 g/mol. The van der Waals surface area contributed by atoms with Gasteiger partial charge in [0.25, 0.3) is 0 Å². The van der Waals surface area contributed by atoms with E-state index in [1.165, 1.54) is 77.0 Å². The Labute approximate surface area is 375 Å². The Balaban J connectivity index is 4.48. The van der Waals surface area contributed by atoms with E-state index in [4.69, 9.17) is 14.2 Å². The van der Waals surface area contributed by atoms with Gasteiger partial charge in [0.2, 0.25) is 0 Å². The second-order valence-corrected chi connectivity index (χ2v) is 16.2. The number of carbonyl (C=O) groups excluding carboxylic acids is 3. The van der Waals surface area contributed by atoms with E-state index in [-0.39, 0.29) is 37.5 Å². The van der Waals surface area contributed by atoms with Crippen LogP contribution in [0.3, 0.4) is 0 Å². The molecule has 1 unspecified atom stereocenters. The number of allylic oxidation sites excluding steroid dienone is 16. The van der Waals surface area contributed by atoms with Gasteiger partial charge in [0.1, 0.15) is 13.2 Å². The van der Waals surface area contributed by atoms with Crippen LogP contribution in [0.1, 0.15) is 213 Å². The van der Waals surface area contributed by atoms with Crippen molar-refractivity contribution in [2.45, 2.75) is 219 Å². The Morgan fingerprint density at radius 1 is 0.328 bits per heavy atom. The lowest BCUT2D eigenvalue weighted by Gasteiger charge is -2.18. The van der Waals surface area contributed by atoms with E-state index in [9.17, 15) is 14.4 Å². The zero-order valence-electron chi connectivity index (χ0n) is 39.4. The van der Waals surface area contributed by atoms with Crippen molar-refractivity contribution in [1.29, 1.82) is 0 Å². The van der Waals surface area contributed by atoms with Crippen LogP contribution in [-0.2, 0) is 28.6 Å². The van der Waals surface area contributed by atoms with Crippen LogP contribution in [0.5, 0.6) is 0 Å². The van der Waals surface area contributed by atoms with Crippen LogP contribution in [0, 0.1) is 0 Å². The Kier molecular flexibility index (Phi) is 46.0. The van der Waals surface area contributed by atoms with Crippen LogP contribution in [0.4, 0.5) is 0 Å². The van der Waals surface area contributed by atoms with Gasteiger partial charge in [-0.3, -0.25) is 14.4 Å². The fourth-order valence-corrected chi connectivity index (χ4v) is 6.41. The van der Waals surface area contributed by atoms with Crippen LogP contribution in [0.25, 0.3) is 0 Å². The molecule has 0 N–H and O–H groups in total. The van der Waals surface area contributed by atoms with Crippen molar-refractivity contribution in [2.75, 3.05) is 13.2 Å². The van der Waals surface area contributed by atoms with Gasteiger partial charge in [0.15, 0.2) is 6.10 Å². The van der Waals surface area contributed by atoms with E-state index in [2.05, 4.69) is 81.5 Å². The third-order valence-corrected chi connectivity index (χ3v) is 10.2. The summed E-state index contributed by atoms with van der Waals surface area (Å²) in [5.41, 5.74) is 0. The lowest BCUT2D eigenvalue weighted by molar-refractivity contribution is -0.167. The first-order valence-electron chi connectivity index (χ1n) is 24.8. The lowest BCUT2D eigenvalue weighted by atomic mass is 10.1. The minimum Gasteiger partial charge on any atom is -0.462 e. The predicted octanol–water partition coefficient (Wildman–Crippen LogP) is 16.2. The average Bonchev–Trinajstić information content (AvgIpc) is 3.26. The fraction of sp³-hybridized carbons (Fsp3) is 0.655. The minimum absolute atomic E-state index is 0.112. The predicted molar refractivity (Wildman–Crippen MR) is 260 cm³/mol. The summed E-state index contributed by atoms with van der Waals surface area (Å²) in [7, 11) is 0. The second kappa shape index (κ2) is 49.0. The minimum atomic E-state index is -0.812. The summed E-state index contributed by atoms with van der Waals surface area (Å²) in [6, 6.07) is 0. The fourth-order valence-electron chi connectivity index (χ4n) is 6.41. The van der Waals surface area contributed by atoms with Crippen molar-refractivity contribution in [1.82, 2.24) is 0 Å². The molecule has 0 aromatic rings. The van der Waals surface area contributed by atoms with Crippen molar-refractivity contribution in [3.63, 3.8) is 0 Å². The molecule has 0 saturated carbocycles. The summed E-state index contributed by atoms with van der Waals surface area (Å²) in [6.45, 7) is 6.42. The van der Waals surface area contributed by atoms with Crippen molar-refractivity contribution in [3.8, 4) is 0 Å². The van der Waals surface area contributed by atoms with E-state index in [0.29, 0.717) is 19.3 Å². The van der Waals surface area contributed by atoms with Crippen molar-refractivity contribution in [3.05, 3.63) is 97.2 Å². The summed E-state index contributed by atoms with van der Waals surface area (Å²) in [5.74, 6) is -1.00. The van der Waals surface area contributed by atoms with Gasteiger partial charge in [-0.1, -0.05) is 208 Å². The van der Waals surface area contributed by atoms with E-state index in [1.807, 2.05) is 36.5 Å². The molecule has 6 nitrogen and oxygen atoms in total. The number of unbranched alkanes of at least 4 members (excludes halogenated alkanes) is 21. The monoisotopic (exact) mass is 847 g/mol. The SMILES string of the molecule is CCC\C=C/C=C\C=C/C=C\C=C/CCCCCCCC(=O)OCC(COC(=O)CCC/C=C\CCCCCC)OC(=O)CCCCC/C=C\C=C/CCCCCCCCC. The third kappa shape index (κ3) is 47.2. The zero-order valence-corrected chi connectivity index (χ0v) is 39.4. The second-order valence-electron chi connectivity index (χ2n) is 16.2. The van der Waals surface area contributed by atoms with Crippen molar-refractivity contribution in [2.24, 2.45) is 0 Å². The van der Waals surface area contributed by atoms with Gasteiger partial charge in [-0.15, -0.1) is 0 Å². The number of esters is 3. The number of carbonyl (C=O) groups is 3. The normalized spacial score (nSPS) is 12.9. The third-order valence-electron chi connectivity index (χ3n) is 10.2. The first kappa shape index (κ1) is 57.3. The molecule has 0 amide bonds. The maximum Gasteiger partial charge on any atom is 0.306 e. The van der Waals surface area contributed by atoms with E-state index in [0.717, 1.165) is 89.9 Å². The number of hydrogen-bond acceptors (Lipinski definition) is 6. The highest BCUT2D eigenvalue weighted by molar-refractivity contribution is 5.71. The maximum atomic E-state index is 12.8. The standard InChI is InChI=1S/C55H90O6/c1-4-7-10-13-16-19-21-23-25-27-28-30-31-33-36-39-42-45-48-54(57)60-51-52(50-59-53(56)47-44-41-38-35-18-15-12-9-6-3)61-55(58)49-46-43-40-37-34-32-29-26-24-22-20-17-14-11-8-5-2/h10,13,16,19,21,23,25-30,32,34-35,38,52H,4-9,11-12,14-15,17-18,20,22,24,31,33,36-37,39-51H2,1-3H3/b13-10-,19-16-,23-21-,27-25-,29-26-,30-28-,34-32-,38-35-. The number of ether oxygens (including phenoxy) is 3. The zero-order chi connectivity index (χ0) is 44.4. The van der Waals surface area contributed by atoms with Crippen molar-refractivity contribution >= 4 is 17.9 Å². The van der Waals surface area contributed by atoms with Gasteiger partial charge in [-0.05, 0) is 83.5 Å². The van der Waals surface area contributed by atoms with Crippen LogP contribution >= 0.6 is 0 Å². The molecule has 6 heteroatoms. The van der Waals surface area contributed by atoms with Gasteiger partial charge < -0.3 is 14.2 Å². The maximum absolute atomic E-state index is 12.8. The molecule has 0 spiro atoms. The van der Waals surface area contributed by atoms with Gasteiger partial charge in [-0.2, -0.15) is 0 Å². The summed E-state index contributed by atoms with van der Waals surface area (Å²) < 4.78 is 16.7. The Morgan fingerprint density at radius 2 is 0.656 bits per heavy atom. The molecule has 0 aromatic heterocycles. The molecule has 0 aromatic carbocycles. The molecule has 0 heterocycles. The largest absolute Gasteiger partial charge is 0.462 e. The summed E-state index contributed by atoms with van der Waals surface area (Å²) in [5, 5.41) is 0. The molecule has 0 aliphatic carbocycles. The van der Waals surface area contributed by atoms with Crippen LogP contribution in [0.15, 0.2) is 97.2 Å². The quantitative estimate of drug-likeness (QED) is 0.0200. The lowest BCUT2D eigenvalue weighted by Crippen LogP contribution is -2.30. The molecule has 0 aliphatic heterocycles. The average molecular weight is 847 g/mol. The topological polar surface area (TPSA) is 78.9 Å². The molecule has 0 radical (unpaired) electrons. The summed E-state index contributed by atoms with van der Waals surface area (Å²) in [6.07, 6.45) is 63.9. The number of hydrogen-bond donors (Lipinski definition) is 0. The highest BCUT2D eigenvalue weighted by Crippen LogP contribution is 2.12. The molecular formula is C55H90O6. The van der Waals surface area contributed by atoms with Crippen LogP contribution in [-0.4, -0.2) is 37.2 Å². The van der Waals surface area contributed by atoms with Gasteiger partial charge in [-0.25, -0.2) is 0 Å². The van der Waals surface area contributed by atoms with Crippen LogP contribution < -0.4 is 0 Å². The summed E-state index contributed by atoms with van der Waals surface area (Å²) in [4.78, 5) is 37.8. The summed E-state index contributed by atoms with van der Waals surface area (Å²) >= 11 is 0. The van der Waals surface area contributed by atoms with Crippen LogP contribution in [0.2, 0.25) is 0 Å². The molecule has 0 bridgehead atoms. The first-order valence-corrected chi connectivity index (χ1v) is 24.8. The smallest absolute Gasteiger partial charge is 0.306 e. The van der Waals surface area contributed by atoms with E-state index >= 15 is 0 Å². The highest BCUT2D eigenvalue weighted by atomic mass is 16.6. The van der Waals surface area contributed by atoms with Gasteiger partial charge in [0, 0.05) is 19.3 Å². The first-order chi connectivity index (χ1) is 30.0. The highest BCUT2D eigenvalue weighted by Gasteiger charge is 2.19. The van der Waals surface area contributed by atoms with Gasteiger partial charge >= 0.3 is 17.9 Å². The molecule has 0 rings (SSSR count). The van der Waals surface area contributed by atoms with E-state index < -0.39 is 6.10 Å². The Hall–Kier alpha value is -3.67. The Morgan fingerprint density at radius 3 is 1.15 bits per heavy atom. The molecule has 0 aliphatic rings. The van der Waals surface area contributed by atoms with Gasteiger partial charge in [0.05, 0.1) is 0 Å².